The minimum atomic E-state index is -0.656. The van der Waals surface area contributed by atoms with Crippen molar-refractivity contribution in [2.24, 2.45) is 0 Å². The first kappa shape index (κ1) is 19.8. The molecule has 0 radical (unpaired) electrons. The molecule has 2 aromatic carbocycles. The molecular formula is C21H18BrN3O3S. The van der Waals surface area contributed by atoms with Gasteiger partial charge in [0.15, 0.2) is 10.9 Å². The van der Waals surface area contributed by atoms with Crippen LogP contribution in [-0.2, 0) is 0 Å². The Hall–Kier alpha value is -2.55. The highest BCUT2D eigenvalue weighted by atomic mass is 79.9. The third-order valence-electron chi connectivity index (χ3n) is 4.05. The first-order valence-corrected chi connectivity index (χ1v) is 10.7. The Morgan fingerprint density at radius 3 is 2.55 bits per heavy atom. The Bertz CT molecular complexity index is 1040. The van der Waals surface area contributed by atoms with Crippen molar-refractivity contribution in [3.63, 3.8) is 0 Å². The van der Waals surface area contributed by atoms with Crippen LogP contribution in [0.2, 0.25) is 0 Å². The summed E-state index contributed by atoms with van der Waals surface area (Å²) >= 11 is 4.80. The molecule has 0 aliphatic rings. The summed E-state index contributed by atoms with van der Waals surface area (Å²) in [5.74, 6) is 2.38. The number of halogens is 1. The lowest BCUT2D eigenvalue weighted by Crippen LogP contribution is -2.20. The molecule has 6 nitrogen and oxygen atoms in total. The van der Waals surface area contributed by atoms with E-state index in [9.17, 15) is 5.11 Å². The molecule has 1 unspecified atom stereocenters. The summed E-state index contributed by atoms with van der Waals surface area (Å²) in [6.45, 7) is 0.194. The summed E-state index contributed by atoms with van der Waals surface area (Å²) in [5, 5.41) is 19.6. The van der Waals surface area contributed by atoms with Crippen LogP contribution in [0, 0.1) is 0 Å². The van der Waals surface area contributed by atoms with Crippen LogP contribution in [0.4, 0.5) is 0 Å². The average molecular weight is 472 g/mol. The van der Waals surface area contributed by atoms with Gasteiger partial charge in [0, 0.05) is 15.9 Å². The number of hydrogen-bond acceptors (Lipinski definition) is 6. The van der Waals surface area contributed by atoms with Gasteiger partial charge in [-0.3, -0.25) is 4.57 Å². The van der Waals surface area contributed by atoms with E-state index >= 15 is 0 Å². The molecule has 0 saturated carbocycles. The molecule has 0 aliphatic carbocycles. The largest absolute Gasteiger partial charge is 0.491 e. The maximum atomic E-state index is 10.3. The van der Waals surface area contributed by atoms with E-state index in [0.29, 0.717) is 28.2 Å². The topological polar surface area (TPSA) is 73.3 Å². The maximum Gasteiger partial charge on any atom is 0.205 e. The maximum absolute atomic E-state index is 10.3. The highest BCUT2D eigenvalue weighted by Crippen LogP contribution is 2.28. The van der Waals surface area contributed by atoms with Crippen LogP contribution >= 0.6 is 27.7 Å². The second kappa shape index (κ2) is 9.30. The fourth-order valence-electron chi connectivity index (χ4n) is 2.68. The molecule has 0 fully saturated rings. The van der Waals surface area contributed by atoms with Gasteiger partial charge in [-0.15, -0.1) is 10.2 Å². The summed E-state index contributed by atoms with van der Waals surface area (Å²) < 4.78 is 14.1. The molecule has 2 heterocycles. The van der Waals surface area contributed by atoms with Crippen LogP contribution < -0.4 is 4.74 Å². The number of nitrogens with zero attached hydrogens (tertiary/aromatic N) is 3. The van der Waals surface area contributed by atoms with Crippen LogP contribution in [0.5, 0.6) is 5.75 Å². The van der Waals surface area contributed by atoms with Gasteiger partial charge in [-0.1, -0.05) is 45.9 Å². The summed E-state index contributed by atoms with van der Waals surface area (Å²) in [6, 6.07) is 21.0. The molecule has 4 rings (SSSR count). The first-order valence-electron chi connectivity index (χ1n) is 8.94. The summed E-state index contributed by atoms with van der Waals surface area (Å²) in [7, 11) is 0. The van der Waals surface area contributed by atoms with Crippen molar-refractivity contribution >= 4 is 27.7 Å². The number of aliphatic hydroxyl groups excluding tert-OH is 1. The minimum absolute atomic E-state index is 0.194. The summed E-state index contributed by atoms with van der Waals surface area (Å²) in [4.78, 5) is 0. The van der Waals surface area contributed by atoms with Crippen LogP contribution in [0.15, 0.2) is 87.0 Å². The number of rotatable bonds is 8. The Labute approximate surface area is 180 Å². The van der Waals surface area contributed by atoms with E-state index in [1.165, 1.54) is 11.8 Å². The standard InChI is InChI=1S/C21H18BrN3O3S/c22-15-8-10-18(11-9-15)28-13-17(26)14-29-21-24-23-20(19-7-4-12-27-19)25(21)16-5-2-1-3-6-16/h1-12,17,26H,13-14H2. The zero-order chi connectivity index (χ0) is 20.1. The molecule has 0 bridgehead atoms. The van der Waals surface area contributed by atoms with Crippen molar-refractivity contribution in [1.29, 1.82) is 0 Å². The molecule has 0 spiro atoms. The van der Waals surface area contributed by atoms with Crippen LogP contribution in [0.25, 0.3) is 17.3 Å². The highest BCUT2D eigenvalue weighted by Gasteiger charge is 2.19. The van der Waals surface area contributed by atoms with Crippen molar-refractivity contribution in [1.82, 2.24) is 14.8 Å². The van der Waals surface area contributed by atoms with Gasteiger partial charge in [-0.05, 0) is 48.5 Å². The Morgan fingerprint density at radius 1 is 1.03 bits per heavy atom. The molecule has 1 atom stereocenters. The number of thioether (sulfide) groups is 1. The number of aliphatic hydroxyl groups is 1. The van der Waals surface area contributed by atoms with Gasteiger partial charge in [0.25, 0.3) is 0 Å². The molecular weight excluding hydrogens is 454 g/mol. The molecule has 1 N–H and O–H groups in total. The number of benzene rings is 2. The lowest BCUT2D eigenvalue weighted by Gasteiger charge is -2.13. The van der Waals surface area contributed by atoms with E-state index in [1.54, 1.807) is 6.26 Å². The van der Waals surface area contributed by atoms with Crippen molar-refractivity contribution in [3.8, 4) is 23.0 Å². The zero-order valence-corrected chi connectivity index (χ0v) is 17.7. The van der Waals surface area contributed by atoms with Crippen molar-refractivity contribution in [3.05, 3.63) is 77.5 Å². The minimum Gasteiger partial charge on any atom is -0.491 e. The van der Waals surface area contributed by atoms with Gasteiger partial charge in [-0.2, -0.15) is 0 Å². The number of ether oxygens (including phenoxy) is 1. The molecule has 8 heteroatoms. The monoisotopic (exact) mass is 471 g/mol. The Kier molecular flexibility index (Phi) is 6.33. The number of hydrogen-bond donors (Lipinski definition) is 1. The Balaban J connectivity index is 1.46. The molecule has 29 heavy (non-hydrogen) atoms. The zero-order valence-electron chi connectivity index (χ0n) is 15.3. The number of furan rings is 1. The van der Waals surface area contributed by atoms with Gasteiger partial charge in [0.05, 0.1) is 12.4 Å². The van der Waals surface area contributed by atoms with Gasteiger partial charge in [-0.25, -0.2) is 0 Å². The van der Waals surface area contributed by atoms with Gasteiger partial charge in [0.2, 0.25) is 5.82 Å². The SMILES string of the molecule is OC(COc1ccc(Br)cc1)CSc1nnc(-c2ccco2)n1-c1ccccc1. The number of aromatic nitrogens is 3. The first-order chi connectivity index (χ1) is 14.2. The average Bonchev–Trinajstić information content (AvgIpc) is 3.42. The third-order valence-corrected chi connectivity index (χ3v) is 5.65. The van der Waals surface area contributed by atoms with Crippen LogP contribution in [0.1, 0.15) is 0 Å². The highest BCUT2D eigenvalue weighted by molar-refractivity contribution is 9.10. The summed E-state index contributed by atoms with van der Waals surface area (Å²) in [6.07, 6.45) is 0.951. The van der Waals surface area contributed by atoms with Crippen LogP contribution in [0.3, 0.4) is 0 Å². The van der Waals surface area contributed by atoms with E-state index in [4.69, 9.17) is 9.15 Å². The second-order valence-corrected chi connectivity index (χ2v) is 8.09. The van der Waals surface area contributed by atoms with E-state index in [1.807, 2.05) is 71.3 Å². The molecule has 0 amide bonds. The van der Waals surface area contributed by atoms with Gasteiger partial charge in [0.1, 0.15) is 12.4 Å². The van der Waals surface area contributed by atoms with Gasteiger partial charge >= 0.3 is 0 Å². The molecule has 0 saturated heterocycles. The van der Waals surface area contributed by atoms with E-state index < -0.39 is 6.10 Å². The third kappa shape index (κ3) is 4.90. The van der Waals surface area contributed by atoms with Gasteiger partial charge < -0.3 is 14.3 Å². The van der Waals surface area contributed by atoms with Crippen LogP contribution in [-0.4, -0.2) is 38.3 Å². The smallest absolute Gasteiger partial charge is 0.205 e. The predicted octanol–water partition coefficient (Wildman–Crippen LogP) is 4.82. The quantitative estimate of drug-likeness (QED) is 0.371. The number of para-hydroxylation sites is 1. The fourth-order valence-corrected chi connectivity index (χ4v) is 3.80. The van der Waals surface area contributed by atoms with E-state index in [0.717, 1.165) is 10.2 Å². The molecule has 148 valence electrons. The lowest BCUT2D eigenvalue weighted by atomic mass is 10.3. The second-order valence-electron chi connectivity index (χ2n) is 6.18. The lowest BCUT2D eigenvalue weighted by molar-refractivity contribution is 0.126. The fraction of sp³-hybridized carbons (Fsp3) is 0.143. The van der Waals surface area contributed by atoms with Crippen molar-refractivity contribution in [2.75, 3.05) is 12.4 Å². The van der Waals surface area contributed by atoms with Crippen molar-refractivity contribution < 1.29 is 14.3 Å². The Morgan fingerprint density at radius 2 is 1.83 bits per heavy atom. The molecule has 0 aliphatic heterocycles. The normalized spacial score (nSPS) is 12.1. The molecule has 2 aromatic heterocycles. The summed E-state index contributed by atoms with van der Waals surface area (Å²) in [5.41, 5.74) is 0.923. The predicted molar refractivity (Wildman–Crippen MR) is 115 cm³/mol. The van der Waals surface area contributed by atoms with E-state index in [2.05, 4.69) is 26.1 Å². The van der Waals surface area contributed by atoms with E-state index in [-0.39, 0.29) is 6.61 Å². The molecule has 4 aromatic rings. The van der Waals surface area contributed by atoms with Crippen molar-refractivity contribution in [2.45, 2.75) is 11.3 Å².